The number of pyridine rings is 1. The molecule has 0 aromatic carbocycles. The van der Waals surface area contributed by atoms with Crippen LogP contribution in [0.4, 0.5) is 11.6 Å². The number of anilines is 2. The van der Waals surface area contributed by atoms with Gasteiger partial charge in [0.25, 0.3) is 0 Å². The molecule has 0 bridgehead atoms. The summed E-state index contributed by atoms with van der Waals surface area (Å²) in [5.74, 6) is 2.47. The first-order chi connectivity index (χ1) is 10.2. The van der Waals surface area contributed by atoms with Crippen molar-refractivity contribution in [1.82, 2.24) is 19.9 Å². The number of aryl methyl sites for hydroxylation is 2. The smallest absolute Gasteiger partial charge is 0.135 e. The highest BCUT2D eigenvalue weighted by Crippen LogP contribution is 2.32. The number of hydrogen-bond donors (Lipinski definition) is 1. The van der Waals surface area contributed by atoms with E-state index in [0.717, 1.165) is 41.8 Å². The first kappa shape index (κ1) is 13.9. The highest BCUT2D eigenvalue weighted by molar-refractivity contribution is 5.55. The van der Waals surface area contributed by atoms with Gasteiger partial charge in [0.1, 0.15) is 17.5 Å². The van der Waals surface area contributed by atoms with E-state index >= 15 is 0 Å². The average Bonchev–Trinajstić information content (AvgIpc) is 2.40. The van der Waals surface area contributed by atoms with Crippen LogP contribution in [0.2, 0.25) is 0 Å². The van der Waals surface area contributed by atoms with Gasteiger partial charge < -0.3 is 5.32 Å². The van der Waals surface area contributed by atoms with Crippen molar-refractivity contribution in [2.24, 2.45) is 0 Å². The summed E-state index contributed by atoms with van der Waals surface area (Å²) < 4.78 is 0. The van der Waals surface area contributed by atoms with Crippen molar-refractivity contribution in [3.63, 3.8) is 0 Å². The molecule has 21 heavy (non-hydrogen) atoms. The van der Waals surface area contributed by atoms with Crippen molar-refractivity contribution in [2.45, 2.75) is 33.2 Å². The molecule has 3 rings (SSSR count). The van der Waals surface area contributed by atoms with Gasteiger partial charge in [-0.2, -0.15) is 0 Å². The van der Waals surface area contributed by atoms with Crippen molar-refractivity contribution in [3.8, 4) is 0 Å². The quantitative estimate of drug-likeness (QED) is 0.934. The van der Waals surface area contributed by atoms with Gasteiger partial charge in [0.2, 0.25) is 0 Å². The molecule has 0 aliphatic carbocycles. The molecule has 0 radical (unpaired) electrons. The third-order valence-electron chi connectivity index (χ3n) is 3.99. The Kier molecular flexibility index (Phi) is 3.84. The van der Waals surface area contributed by atoms with Crippen LogP contribution in [0, 0.1) is 13.8 Å². The van der Waals surface area contributed by atoms with Gasteiger partial charge in [-0.15, -0.1) is 0 Å². The van der Waals surface area contributed by atoms with Crippen molar-refractivity contribution < 1.29 is 0 Å². The van der Waals surface area contributed by atoms with Gasteiger partial charge >= 0.3 is 0 Å². The summed E-state index contributed by atoms with van der Waals surface area (Å²) in [6, 6.07) is 6.45. The van der Waals surface area contributed by atoms with E-state index in [1.165, 1.54) is 6.42 Å². The maximum absolute atomic E-state index is 4.60. The predicted octanol–water partition coefficient (Wildman–Crippen LogP) is 3.00. The minimum atomic E-state index is 0.432. The van der Waals surface area contributed by atoms with Crippen LogP contribution >= 0.6 is 0 Å². The molecule has 0 amide bonds. The Labute approximate surface area is 125 Å². The molecule has 0 spiro atoms. The Morgan fingerprint density at radius 3 is 2.86 bits per heavy atom. The topological polar surface area (TPSA) is 53.9 Å². The highest BCUT2D eigenvalue weighted by Gasteiger charge is 2.29. The second-order valence-corrected chi connectivity index (χ2v) is 5.45. The SMILES string of the molecule is CCN1CCC1c1cc(Nc2ncccc2C)nc(C)n1. The van der Waals surface area contributed by atoms with Crippen LogP contribution in [0.1, 0.15) is 36.5 Å². The normalized spacial score (nSPS) is 18.3. The molecule has 1 unspecified atom stereocenters. The molecule has 5 heteroatoms. The second kappa shape index (κ2) is 5.77. The number of hydrogen-bond acceptors (Lipinski definition) is 5. The first-order valence-electron chi connectivity index (χ1n) is 7.45. The summed E-state index contributed by atoms with van der Waals surface area (Å²) in [5, 5.41) is 3.31. The molecule has 2 aromatic rings. The Morgan fingerprint density at radius 2 is 2.19 bits per heavy atom. The molecule has 110 valence electrons. The van der Waals surface area contributed by atoms with E-state index in [2.05, 4.69) is 32.1 Å². The van der Waals surface area contributed by atoms with Crippen LogP contribution in [0.3, 0.4) is 0 Å². The van der Waals surface area contributed by atoms with E-state index < -0.39 is 0 Å². The number of nitrogens with one attached hydrogen (secondary N) is 1. The number of aromatic nitrogens is 3. The third kappa shape index (κ3) is 2.88. The van der Waals surface area contributed by atoms with Crippen LogP contribution < -0.4 is 5.32 Å². The average molecular weight is 283 g/mol. The summed E-state index contributed by atoms with van der Waals surface area (Å²) >= 11 is 0. The van der Waals surface area contributed by atoms with E-state index in [1.54, 1.807) is 6.20 Å². The molecule has 1 aliphatic rings. The fourth-order valence-electron chi connectivity index (χ4n) is 2.72. The maximum Gasteiger partial charge on any atom is 0.135 e. The van der Waals surface area contributed by atoms with Crippen molar-refractivity contribution in [2.75, 3.05) is 18.4 Å². The summed E-state index contributed by atoms with van der Waals surface area (Å²) in [6.45, 7) is 8.39. The molecule has 3 heterocycles. The second-order valence-electron chi connectivity index (χ2n) is 5.45. The molecule has 1 fully saturated rings. The van der Waals surface area contributed by atoms with Gasteiger partial charge in [-0.3, -0.25) is 4.90 Å². The summed E-state index contributed by atoms with van der Waals surface area (Å²) in [5.41, 5.74) is 2.21. The summed E-state index contributed by atoms with van der Waals surface area (Å²) in [7, 11) is 0. The molecule has 0 saturated carbocycles. The van der Waals surface area contributed by atoms with E-state index in [4.69, 9.17) is 0 Å². The maximum atomic E-state index is 4.60. The fraction of sp³-hybridized carbons (Fsp3) is 0.438. The van der Waals surface area contributed by atoms with E-state index in [0.29, 0.717) is 6.04 Å². The zero-order valence-corrected chi connectivity index (χ0v) is 12.8. The van der Waals surface area contributed by atoms with Gasteiger partial charge in [-0.25, -0.2) is 15.0 Å². The van der Waals surface area contributed by atoms with Gasteiger partial charge in [-0.05, 0) is 38.4 Å². The van der Waals surface area contributed by atoms with Crippen LogP contribution in [0.15, 0.2) is 24.4 Å². The Bertz CT molecular complexity index is 638. The molecular weight excluding hydrogens is 262 g/mol. The van der Waals surface area contributed by atoms with Crippen LogP contribution in [-0.4, -0.2) is 32.9 Å². The Balaban J connectivity index is 1.86. The van der Waals surface area contributed by atoms with Crippen LogP contribution in [-0.2, 0) is 0 Å². The van der Waals surface area contributed by atoms with E-state index in [9.17, 15) is 0 Å². The summed E-state index contributed by atoms with van der Waals surface area (Å²) in [6.07, 6.45) is 2.96. The fourth-order valence-corrected chi connectivity index (χ4v) is 2.72. The molecular formula is C16H21N5. The largest absolute Gasteiger partial charge is 0.325 e. The number of rotatable bonds is 4. The Hall–Kier alpha value is -2.01. The number of likely N-dealkylation sites (tertiary alicyclic amines) is 1. The standard InChI is InChI=1S/C16H21N5/c1-4-21-9-7-14(21)13-10-15(19-12(3)18-13)20-16-11(2)6-5-8-17-16/h5-6,8,10,14H,4,7,9H2,1-3H3,(H,17,18,19,20). The van der Waals surface area contributed by atoms with Crippen molar-refractivity contribution in [3.05, 3.63) is 41.5 Å². The molecule has 1 saturated heterocycles. The van der Waals surface area contributed by atoms with E-state index in [1.807, 2.05) is 32.0 Å². The molecule has 1 aliphatic heterocycles. The first-order valence-corrected chi connectivity index (χ1v) is 7.45. The van der Waals surface area contributed by atoms with Gasteiger partial charge in [-0.1, -0.05) is 13.0 Å². The third-order valence-corrected chi connectivity index (χ3v) is 3.99. The van der Waals surface area contributed by atoms with E-state index in [-0.39, 0.29) is 0 Å². The van der Waals surface area contributed by atoms with Gasteiger partial charge in [0.05, 0.1) is 11.7 Å². The Morgan fingerprint density at radius 1 is 1.33 bits per heavy atom. The lowest BCUT2D eigenvalue weighted by Gasteiger charge is -2.39. The summed E-state index contributed by atoms with van der Waals surface area (Å²) in [4.78, 5) is 15.9. The molecule has 2 aromatic heterocycles. The minimum absolute atomic E-state index is 0.432. The highest BCUT2D eigenvalue weighted by atomic mass is 15.2. The monoisotopic (exact) mass is 283 g/mol. The number of nitrogens with zero attached hydrogens (tertiary/aromatic N) is 4. The lowest BCUT2D eigenvalue weighted by atomic mass is 9.99. The zero-order chi connectivity index (χ0) is 14.8. The van der Waals surface area contributed by atoms with Crippen molar-refractivity contribution in [1.29, 1.82) is 0 Å². The van der Waals surface area contributed by atoms with Gasteiger partial charge in [0.15, 0.2) is 0 Å². The van der Waals surface area contributed by atoms with Crippen molar-refractivity contribution >= 4 is 11.6 Å². The predicted molar refractivity (Wildman–Crippen MR) is 83.6 cm³/mol. The van der Waals surface area contributed by atoms with Gasteiger partial charge in [0, 0.05) is 18.8 Å². The molecule has 1 atom stereocenters. The molecule has 5 nitrogen and oxygen atoms in total. The minimum Gasteiger partial charge on any atom is -0.325 e. The molecule has 1 N–H and O–H groups in total. The van der Waals surface area contributed by atoms with Crippen LogP contribution in [0.5, 0.6) is 0 Å². The lowest BCUT2D eigenvalue weighted by molar-refractivity contribution is 0.0948. The lowest BCUT2D eigenvalue weighted by Crippen LogP contribution is -2.41. The van der Waals surface area contributed by atoms with Crippen LogP contribution in [0.25, 0.3) is 0 Å². The zero-order valence-electron chi connectivity index (χ0n) is 12.8.